The minimum Gasteiger partial charge on any atom is -0.490 e. The monoisotopic (exact) mass is 266 g/mol. The Bertz CT molecular complexity index is 400. The highest BCUT2D eigenvalue weighted by atomic mass is 16.5. The molecule has 2 unspecified atom stereocenters. The van der Waals surface area contributed by atoms with Crippen molar-refractivity contribution in [2.45, 2.75) is 19.1 Å². The smallest absolute Gasteiger partial charge is 0.142 e. The highest BCUT2D eigenvalue weighted by Gasteiger charge is 2.25. The van der Waals surface area contributed by atoms with E-state index < -0.39 is 0 Å². The summed E-state index contributed by atoms with van der Waals surface area (Å²) in [6.45, 7) is 4.95. The Labute approximate surface area is 113 Å². The van der Waals surface area contributed by atoms with Gasteiger partial charge in [0.2, 0.25) is 0 Å². The number of para-hydroxylation sites is 2. The number of aliphatic hydroxyl groups excluding tert-OH is 1. The molecule has 0 radical (unpaired) electrons. The molecule has 1 fully saturated rings. The zero-order valence-corrected chi connectivity index (χ0v) is 11.3. The van der Waals surface area contributed by atoms with Crippen molar-refractivity contribution in [3.63, 3.8) is 0 Å². The first-order valence-corrected chi connectivity index (χ1v) is 6.64. The molecule has 2 atom stereocenters. The summed E-state index contributed by atoms with van der Waals surface area (Å²) in [5, 5.41) is 9.14. The highest BCUT2D eigenvalue weighted by molar-refractivity contribution is 5.51. The van der Waals surface area contributed by atoms with E-state index in [-0.39, 0.29) is 12.7 Å². The van der Waals surface area contributed by atoms with E-state index in [1.807, 2.05) is 24.3 Å². The number of rotatable bonds is 5. The summed E-state index contributed by atoms with van der Waals surface area (Å²) in [5.74, 6) is 0.724. The number of morpholine rings is 1. The van der Waals surface area contributed by atoms with E-state index in [1.54, 1.807) is 0 Å². The van der Waals surface area contributed by atoms with Gasteiger partial charge in [0.15, 0.2) is 0 Å². The van der Waals surface area contributed by atoms with Gasteiger partial charge in [0.25, 0.3) is 0 Å². The molecule has 0 spiro atoms. The number of hydrogen-bond donors (Lipinski definition) is 2. The van der Waals surface area contributed by atoms with Crippen LogP contribution in [0.2, 0.25) is 0 Å². The van der Waals surface area contributed by atoms with Crippen molar-refractivity contribution in [1.82, 2.24) is 4.90 Å². The number of nitrogen functional groups attached to an aromatic ring is 1. The largest absolute Gasteiger partial charge is 0.490 e. The lowest BCUT2D eigenvalue weighted by atomic mass is 10.2. The molecule has 106 valence electrons. The summed E-state index contributed by atoms with van der Waals surface area (Å²) < 4.78 is 11.2. The molecule has 1 saturated heterocycles. The molecule has 1 heterocycles. The van der Waals surface area contributed by atoms with E-state index in [2.05, 4.69) is 11.8 Å². The molecule has 1 aliphatic heterocycles. The van der Waals surface area contributed by atoms with Crippen molar-refractivity contribution in [3.8, 4) is 5.75 Å². The van der Waals surface area contributed by atoms with Gasteiger partial charge in [-0.1, -0.05) is 12.1 Å². The minimum absolute atomic E-state index is 0.0652. The molecule has 0 saturated carbocycles. The Morgan fingerprint density at radius 2 is 2.26 bits per heavy atom. The van der Waals surface area contributed by atoms with Crippen molar-refractivity contribution < 1.29 is 14.6 Å². The van der Waals surface area contributed by atoms with Crippen LogP contribution in [0.15, 0.2) is 24.3 Å². The summed E-state index contributed by atoms with van der Waals surface area (Å²) in [4.78, 5) is 2.27. The first-order chi connectivity index (χ1) is 9.20. The van der Waals surface area contributed by atoms with Crippen LogP contribution >= 0.6 is 0 Å². The Morgan fingerprint density at radius 1 is 1.47 bits per heavy atom. The van der Waals surface area contributed by atoms with Crippen LogP contribution in [0.1, 0.15) is 6.92 Å². The molecular weight excluding hydrogens is 244 g/mol. The quantitative estimate of drug-likeness (QED) is 0.769. The van der Waals surface area contributed by atoms with Gasteiger partial charge in [-0.05, 0) is 19.1 Å². The van der Waals surface area contributed by atoms with Gasteiger partial charge in [-0.25, -0.2) is 0 Å². The average molecular weight is 266 g/mol. The second kappa shape index (κ2) is 6.75. The minimum atomic E-state index is -0.0852. The van der Waals surface area contributed by atoms with Gasteiger partial charge in [0.05, 0.1) is 25.0 Å². The lowest BCUT2D eigenvalue weighted by Gasteiger charge is -2.37. The summed E-state index contributed by atoms with van der Waals surface area (Å²) in [6.07, 6.45) is -0.0852. The van der Waals surface area contributed by atoms with Crippen LogP contribution in [0.3, 0.4) is 0 Å². The third-order valence-corrected chi connectivity index (χ3v) is 3.39. The van der Waals surface area contributed by atoms with Crippen LogP contribution in [-0.2, 0) is 4.74 Å². The molecule has 5 nitrogen and oxygen atoms in total. The van der Waals surface area contributed by atoms with Crippen LogP contribution < -0.4 is 10.5 Å². The summed E-state index contributed by atoms with van der Waals surface area (Å²) in [5.41, 5.74) is 6.48. The van der Waals surface area contributed by atoms with Gasteiger partial charge in [0, 0.05) is 19.1 Å². The number of nitrogens with zero attached hydrogens (tertiary/aromatic N) is 1. The van der Waals surface area contributed by atoms with E-state index in [4.69, 9.17) is 20.3 Å². The molecule has 0 aromatic heterocycles. The van der Waals surface area contributed by atoms with Crippen LogP contribution in [0, 0.1) is 0 Å². The van der Waals surface area contributed by atoms with E-state index >= 15 is 0 Å². The van der Waals surface area contributed by atoms with Crippen LogP contribution in [0.5, 0.6) is 5.75 Å². The van der Waals surface area contributed by atoms with Crippen molar-refractivity contribution in [2.24, 2.45) is 0 Å². The maximum Gasteiger partial charge on any atom is 0.142 e. The molecule has 19 heavy (non-hydrogen) atoms. The highest BCUT2D eigenvalue weighted by Crippen LogP contribution is 2.19. The van der Waals surface area contributed by atoms with Gasteiger partial charge >= 0.3 is 0 Å². The standard InChI is InChI=1S/C14H22N2O3/c1-11-10-19-12(9-17)8-16(11)6-7-18-14-5-3-2-4-13(14)15/h2-5,11-12,17H,6-10,15H2,1H3. The fraction of sp³-hybridized carbons (Fsp3) is 0.571. The van der Waals surface area contributed by atoms with Gasteiger partial charge in [-0.3, -0.25) is 4.90 Å². The molecule has 1 aromatic rings. The van der Waals surface area contributed by atoms with Crippen LogP contribution in [0.4, 0.5) is 5.69 Å². The van der Waals surface area contributed by atoms with Crippen molar-refractivity contribution in [1.29, 1.82) is 0 Å². The first kappa shape index (κ1) is 14.1. The number of nitrogens with two attached hydrogens (primary N) is 1. The topological polar surface area (TPSA) is 68.0 Å². The summed E-state index contributed by atoms with van der Waals surface area (Å²) >= 11 is 0. The van der Waals surface area contributed by atoms with Gasteiger partial charge in [0.1, 0.15) is 12.4 Å². The number of hydrogen-bond acceptors (Lipinski definition) is 5. The molecule has 0 bridgehead atoms. The number of aliphatic hydroxyl groups is 1. The Kier molecular flexibility index (Phi) is 5.01. The zero-order valence-electron chi connectivity index (χ0n) is 11.3. The molecular formula is C14H22N2O3. The normalized spacial score (nSPS) is 24.3. The molecule has 1 aliphatic rings. The molecule has 0 amide bonds. The lowest BCUT2D eigenvalue weighted by molar-refractivity contribution is -0.0798. The van der Waals surface area contributed by atoms with Crippen LogP contribution in [-0.4, -0.2) is 55.1 Å². The maximum absolute atomic E-state index is 9.14. The SMILES string of the molecule is CC1COC(CO)CN1CCOc1ccccc1N. The predicted octanol–water partition coefficient (Wildman–Crippen LogP) is 0.729. The van der Waals surface area contributed by atoms with Crippen molar-refractivity contribution in [2.75, 3.05) is 38.6 Å². The number of ether oxygens (including phenoxy) is 2. The zero-order chi connectivity index (χ0) is 13.7. The second-order valence-electron chi connectivity index (χ2n) is 4.87. The molecule has 2 rings (SSSR count). The van der Waals surface area contributed by atoms with E-state index in [0.717, 1.165) is 18.8 Å². The van der Waals surface area contributed by atoms with Gasteiger partial charge < -0.3 is 20.3 Å². The van der Waals surface area contributed by atoms with Crippen LogP contribution in [0.25, 0.3) is 0 Å². The van der Waals surface area contributed by atoms with Gasteiger partial charge in [-0.15, -0.1) is 0 Å². The summed E-state index contributed by atoms with van der Waals surface area (Å²) in [6, 6.07) is 7.84. The Morgan fingerprint density at radius 3 is 3.00 bits per heavy atom. The van der Waals surface area contributed by atoms with Crippen molar-refractivity contribution >= 4 is 5.69 Å². The average Bonchev–Trinajstić information content (AvgIpc) is 2.43. The Hall–Kier alpha value is -1.30. The third kappa shape index (κ3) is 3.83. The Balaban J connectivity index is 1.80. The maximum atomic E-state index is 9.14. The van der Waals surface area contributed by atoms with E-state index in [0.29, 0.717) is 24.9 Å². The fourth-order valence-corrected chi connectivity index (χ4v) is 2.18. The van der Waals surface area contributed by atoms with Crippen molar-refractivity contribution in [3.05, 3.63) is 24.3 Å². The fourth-order valence-electron chi connectivity index (χ4n) is 2.18. The number of benzene rings is 1. The lowest BCUT2D eigenvalue weighted by Crippen LogP contribution is -2.50. The predicted molar refractivity (Wildman–Crippen MR) is 74.2 cm³/mol. The summed E-state index contributed by atoms with van der Waals surface area (Å²) in [7, 11) is 0. The molecule has 5 heteroatoms. The molecule has 3 N–H and O–H groups in total. The number of anilines is 1. The van der Waals surface area contributed by atoms with Gasteiger partial charge in [-0.2, -0.15) is 0 Å². The van der Waals surface area contributed by atoms with E-state index in [9.17, 15) is 0 Å². The first-order valence-electron chi connectivity index (χ1n) is 6.64. The van der Waals surface area contributed by atoms with E-state index in [1.165, 1.54) is 0 Å². The molecule has 0 aliphatic carbocycles. The second-order valence-corrected chi connectivity index (χ2v) is 4.87. The molecule has 1 aromatic carbocycles. The third-order valence-electron chi connectivity index (χ3n) is 3.39.